The lowest BCUT2D eigenvalue weighted by atomic mass is 9.94. The van der Waals surface area contributed by atoms with Gasteiger partial charge in [-0.05, 0) is 31.8 Å². The van der Waals surface area contributed by atoms with Crippen molar-refractivity contribution in [2.24, 2.45) is 10.9 Å². The number of carbonyl (C=O) groups is 2. The summed E-state index contributed by atoms with van der Waals surface area (Å²) in [5, 5.41) is 8.57. The number of hydrogen-bond donors (Lipinski definition) is 1. The SMILES string of the molecule is O=C(O)CCCC(=O)N1CC=C2N=CCCC2CC1. The largest absolute Gasteiger partial charge is 0.481 e. The number of nitrogens with zero attached hydrogens (tertiary/aromatic N) is 2. The summed E-state index contributed by atoms with van der Waals surface area (Å²) in [6.07, 6.45) is 7.91. The van der Waals surface area contributed by atoms with Crippen LogP contribution in [-0.2, 0) is 9.59 Å². The maximum atomic E-state index is 12.0. The van der Waals surface area contributed by atoms with E-state index in [-0.39, 0.29) is 12.3 Å². The van der Waals surface area contributed by atoms with Crippen LogP contribution in [0.25, 0.3) is 0 Å². The number of aliphatic imine (C=N–C) groups is 1. The third-order valence-corrected chi connectivity index (χ3v) is 3.71. The molecule has 0 aromatic heterocycles. The second kappa shape index (κ2) is 6.50. The first-order valence-electron chi connectivity index (χ1n) is 6.89. The van der Waals surface area contributed by atoms with Crippen LogP contribution in [0.2, 0.25) is 0 Å². The Morgan fingerprint density at radius 3 is 3.00 bits per heavy atom. The molecule has 0 saturated carbocycles. The second-order valence-corrected chi connectivity index (χ2v) is 5.09. The molecule has 0 aromatic rings. The van der Waals surface area contributed by atoms with Gasteiger partial charge in [0.1, 0.15) is 0 Å². The van der Waals surface area contributed by atoms with Crippen molar-refractivity contribution in [3.63, 3.8) is 0 Å². The van der Waals surface area contributed by atoms with E-state index in [0.29, 0.717) is 25.3 Å². The molecular weight excluding hydrogens is 244 g/mol. The van der Waals surface area contributed by atoms with Crippen molar-refractivity contribution < 1.29 is 14.7 Å². The van der Waals surface area contributed by atoms with Gasteiger partial charge in [-0.25, -0.2) is 0 Å². The molecule has 1 atom stereocenters. The molecule has 2 aliphatic rings. The van der Waals surface area contributed by atoms with Gasteiger partial charge in [0.15, 0.2) is 0 Å². The molecule has 1 unspecified atom stereocenters. The number of carboxylic acid groups (broad SMARTS) is 1. The number of amides is 1. The van der Waals surface area contributed by atoms with E-state index < -0.39 is 5.97 Å². The molecule has 1 amide bonds. The van der Waals surface area contributed by atoms with Crippen LogP contribution < -0.4 is 0 Å². The van der Waals surface area contributed by atoms with E-state index in [1.165, 1.54) is 0 Å². The summed E-state index contributed by atoms with van der Waals surface area (Å²) >= 11 is 0. The molecule has 0 aromatic carbocycles. The predicted molar refractivity (Wildman–Crippen MR) is 72.0 cm³/mol. The summed E-state index contributed by atoms with van der Waals surface area (Å²) in [6.45, 7) is 1.36. The molecule has 104 valence electrons. The molecule has 19 heavy (non-hydrogen) atoms. The molecule has 0 aliphatic carbocycles. The monoisotopic (exact) mass is 264 g/mol. The topological polar surface area (TPSA) is 70.0 Å². The first-order chi connectivity index (χ1) is 9.16. The van der Waals surface area contributed by atoms with Crippen LogP contribution in [0.5, 0.6) is 0 Å². The van der Waals surface area contributed by atoms with Gasteiger partial charge in [-0.2, -0.15) is 0 Å². The zero-order chi connectivity index (χ0) is 13.7. The molecule has 0 fully saturated rings. The standard InChI is InChI=1S/C14H20N2O3/c17-13(4-1-5-14(18)19)16-9-6-11-3-2-8-15-12(11)7-10-16/h7-8,11H,1-6,9-10H2,(H,18,19). The van der Waals surface area contributed by atoms with Gasteiger partial charge in [0, 0.05) is 43.8 Å². The predicted octanol–water partition coefficient (Wildman–Crippen LogP) is 1.84. The van der Waals surface area contributed by atoms with E-state index in [1.807, 2.05) is 17.2 Å². The summed E-state index contributed by atoms with van der Waals surface area (Å²) in [5.41, 5.74) is 1.12. The molecular formula is C14H20N2O3. The van der Waals surface area contributed by atoms with E-state index in [9.17, 15) is 9.59 Å². The van der Waals surface area contributed by atoms with E-state index in [0.717, 1.165) is 31.5 Å². The highest BCUT2D eigenvalue weighted by molar-refractivity contribution is 5.77. The van der Waals surface area contributed by atoms with Gasteiger partial charge in [0.05, 0.1) is 0 Å². The molecule has 0 bridgehead atoms. The van der Waals surface area contributed by atoms with Gasteiger partial charge >= 0.3 is 5.97 Å². The highest BCUT2D eigenvalue weighted by Gasteiger charge is 2.23. The van der Waals surface area contributed by atoms with Gasteiger partial charge in [-0.15, -0.1) is 0 Å². The lowest BCUT2D eigenvalue weighted by Crippen LogP contribution is -2.31. The first-order valence-corrected chi connectivity index (χ1v) is 6.89. The van der Waals surface area contributed by atoms with Gasteiger partial charge in [0.2, 0.25) is 5.91 Å². The van der Waals surface area contributed by atoms with Gasteiger partial charge in [-0.3, -0.25) is 14.6 Å². The quantitative estimate of drug-likeness (QED) is 0.842. The number of rotatable bonds is 4. The summed E-state index contributed by atoms with van der Waals surface area (Å²) in [7, 11) is 0. The Morgan fingerprint density at radius 2 is 2.21 bits per heavy atom. The molecule has 5 heteroatoms. The minimum atomic E-state index is -0.842. The third kappa shape index (κ3) is 3.91. The molecule has 1 N–H and O–H groups in total. The number of fused-ring (bicyclic) bond motifs is 1. The lowest BCUT2D eigenvalue weighted by molar-refractivity contribution is -0.137. The van der Waals surface area contributed by atoms with E-state index in [2.05, 4.69) is 4.99 Å². The Morgan fingerprint density at radius 1 is 1.37 bits per heavy atom. The lowest BCUT2D eigenvalue weighted by Gasteiger charge is -2.21. The normalized spacial score (nSPS) is 22.4. The Kier molecular flexibility index (Phi) is 4.71. The van der Waals surface area contributed by atoms with Gasteiger partial charge in [-0.1, -0.05) is 0 Å². The third-order valence-electron chi connectivity index (χ3n) is 3.71. The summed E-state index contributed by atoms with van der Waals surface area (Å²) in [6, 6.07) is 0. The first kappa shape index (κ1) is 13.8. The number of allylic oxidation sites excluding steroid dienone is 1. The molecule has 2 heterocycles. The smallest absolute Gasteiger partial charge is 0.303 e. The van der Waals surface area contributed by atoms with Crippen molar-refractivity contribution in [3.05, 3.63) is 11.8 Å². The fraction of sp³-hybridized carbons (Fsp3) is 0.643. The summed E-state index contributed by atoms with van der Waals surface area (Å²) < 4.78 is 0. The average Bonchev–Trinajstić information content (AvgIpc) is 2.60. The maximum Gasteiger partial charge on any atom is 0.303 e. The summed E-state index contributed by atoms with van der Waals surface area (Å²) in [5.74, 6) is -0.298. The molecule has 0 spiro atoms. The van der Waals surface area contributed by atoms with Crippen LogP contribution in [0.15, 0.2) is 16.8 Å². The minimum Gasteiger partial charge on any atom is -0.481 e. The minimum absolute atomic E-state index is 0.0562. The molecule has 2 rings (SSSR count). The van der Waals surface area contributed by atoms with Crippen LogP contribution >= 0.6 is 0 Å². The zero-order valence-electron chi connectivity index (χ0n) is 11.0. The fourth-order valence-corrected chi connectivity index (χ4v) is 2.59. The number of carbonyl (C=O) groups excluding carboxylic acids is 1. The number of aliphatic carboxylic acids is 1. The van der Waals surface area contributed by atoms with Crippen molar-refractivity contribution in [1.82, 2.24) is 4.90 Å². The van der Waals surface area contributed by atoms with Crippen molar-refractivity contribution in [1.29, 1.82) is 0 Å². The second-order valence-electron chi connectivity index (χ2n) is 5.09. The Bertz CT molecular complexity index is 415. The summed E-state index contributed by atoms with van der Waals surface area (Å²) in [4.78, 5) is 28.7. The highest BCUT2D eigenvalue weighted by Crippen LogP contribution is 2.27. The maximum absolute atomic E-state index is 12.0. The van der Waals surface area contributed by atoms with Gasteiger partial charge in [0.25, 0.3) is 0 Å². The molecule has 5 nitrogen and oxygen atoms in total. The van der Waals surface area contributed by atoms with Crippen molar-refractivity contribution >= 4 is 18.1 Å². The average molecular weight is 264 g/mol. The molecule has 2 aliphatic heterocycles. The Balaban J connectivity index is 1.85. The molecule has 0 radical (unpaired) electrons. The van der Waals surface area contributed by atoms with Gasteiger partial charge < -0.3 is 10.0 Å². The van der Waals surface area contributed by atoms with E-state index in [1.54, 1.807) is 0 Å². The van der Waals surface area contributed by atoms with E-state index in [4.69, 9.17) is 5.11 Å². The number of carboxylic acids is 1. The van der Waals surface area contributed by atoms with Crippen molar-refractivity contribution in [3.8, 4) is 0 Å². The van der Waals surface area contributed by atoms with Crippen LogP contribution in [-0.4, -0.2) is 41.2 Å². The van der Waals surface area contributed by atoms with Crippen LogP contribution in [0.3, 0.4) is 0 Å². The van der Waals surface area contributed by atoms with Crippen LogP contribution in [0.1, 0.15) is 38.5 Å². The van der Waals surface area contributed by atoms with E-state index >= 15 is 0 Å². The van der Waals surface area contributed by atoms with Crippen molar-refractivity contribution in [2.75, 3.05) is 13.1 Å². The molecule has 0 saturated heterocycles. The fourth-order valence-electron chi connectivity index (χ4n) is 2.59. The van der Waals surface area contributed by atoms with Crippen LogP contribution in [0.4, 0.5) is 0 Å². The Labute approximate surface area is 113 Å². The Hall–Kier alpha value is -1.65. The van der Waals surface area contributed by atoms with Crippen LogP contribution in [0, 0.1) is 5.92 Å². The zero-order valence-corrected chi connectivity index (χ0v) is 11.0. The van der Waals surface area contributed by atoms with Crippen molar-refractivity contribution in [2.45, 2.75) is 38.5 Å². The highest BCUT2D eigenvalue weighted by atomic mass is 16.4. The number of hydrogen-bond acceptors (Lipinski definition) is 3.